The molecule has 1 N–H and O–H groups in total. The van der Waals surface area contributed by atoms with Gasteiger partial charge in [0.25, 0.3) is 5.91 Å². The molecular formula is C20H21ClN2O4. The van der Waals surface area contributed by atoms with Crippen LogP contribution in [0.3, 0.4) is 0 Å². The number of halogens is 1. The van der Waals surface area contributed by atoms with Gasteiger partial charge in [-0.05, 0) is 36.8 Å². The molecule has 1 saturated heterocycles. The molecule has 142 valence electrons. The second-order valence-electron chi connectivity index (χ2n) is 6.10. The zero-order valence-electron chi connectivity index (χ0n) is 15.0. The predicted octanol–water partition coefficient (Wildman–Crippen LogP) is 3.28. The molecule has 0 radical (unpaired) electrons. The van der Waals surface area contributed by atoms with Gasteiger partial charge in [0.15, 0.2) is 0 Å². The van der Waals surface area contributed by atoms with Gasteiger partial charge in [-0.25, -0.2) is 0 Å². The van der Waals surface area contributed by atoms with E-state index in [1.54, 1.807) is 36.3 Å². The maximum Gasteiger partial charge on any atom is 0.251 e. The third-order valence-electron chi connectivity index (χ3n) is 4.27. The number of carbonyl (C=O) groups excluding carboxylic acids is 2. The molecule has 1 heterocycles. The molecule has 0 unspecified atom stereocenters. The van der Waals surface area contributed by atoms with Crippen molar-refractivity contribution in [1.29, 1.82) is 0 Å². The average Bonchev–Trinajstić information content (AvgIpc) is 3.11. The van der Waals surface area contributed by atoms with Crippen molar-refractivity contribution >= 4 is 29.1 Å². The van der Waals surface area contributed by atoms with Crippen LogP contribution >= 0.6 is 11.6 Å². The highest BCUT2D eigenvalue weighted by atomic mass is 35.5. The van der Waals surface area contributed by atoms with Crippen LogP contribution in [-0.4, -0.2) is 38.6 Å². The van der Waals surface area contributed by atoms with Gasteiger partial charge < -0.3 is 19.7 Å². The number of amides is 2. The number of nitrogens with one attached hydrogen (secondary N) is 1. The number of methoxy groups -OCH3 is 1. The van der Waals surface area contributed by atoms with Crippen molar-refractivity contribution in [3.05, 3.63) is 53.1 Å². The smallest absolute Gasteiger partial charge is 0.251 e. The van der Waals surface area contributed by atoms with Crippen LogP contribution in [0.5, 0.6) is 11.5 Å². The van der Waals surface area contributed by atoms with Gasteiger partial charge in [-0.2, -0.15) is 0 Å². The molecule has 6 nitrogen and oxygen atoms in total. The van der Waals surface area contributed by atoms with Gasteiger partial charge in [-0.1, -0.05) is 17.7 Å². The zero-order valence-corrected chi connectivity index (χ0v) is 15.8. The lowest BCUT2D eigenvalue weighted by molar-refractivity contribution is -0.117. The van der Waals surface area contributed by atoms with E-state index in [4.69, 9.17) is 21.1 Å². The van der Waals surface area contributed by atoms with Crippen LogP contribution in [0.15, 0.2) is 42.5 Å². The van der Waals surface area contributed by atoms with Crippen LogP contribution in [0.4, 0.5) is 5.69 Å². The summed E-state index contributed by atoms with van der Waals surface area (Å²) in [5.74, 6) is 1.17. The molecule has 0 aromatic heterocycles. The zero-order chi connectivity index (χ0) is 19.2. The van der Waals surface area contributed by atoms with Crippen molar-refractivity contribution in [3.63, 3.8) is 0 Å². The van der Waals surface area contributed by atoms with Gasteiger partial charge in [0, 0.05) is 24.6 Å². The Morgan fingerprint density at radius 1 is 1.22 bits per heavy atom. The van der Waals surface area contributed by atoms with Crippen molar-refractivity contribution in [3.8, 4) is 11.5 Å². The van der Waals surface area contributed by atoms with E-state index < -0.39 is 0 Å². The summed E-state index contributed by atoms with van der Waals surface area (Å²) >= 11 is 6.21. The van der Waals surface area contributed by atoms with Gasteiger partial charge in [-0.15, -0.1) is 0 Å². The number of hydrogen-bond acceptors (Lipinski definition) is 4. The number of hydrogen-bond donors (Lipinski definition) is 1. The van der Waals surface area contributed by atoms with Crippen molar-refractivity contribution in [2.24, 2.45) is 0 Å². The van der Waals surface area contributed by atoms with Crippen molar-refractivity contribution in [1.82, 2.24) is 5.32 Å². The van der Waals surface area contributed by atoms with Crippen LogP contribution in [0, 0.1) is 0 Å². The standard InChI is InChI=1S/C20H21ClN2O4/c1-26-15-4-2-5-16(13-15)27-11-9-22-20(25)14-7-8-17(21)18(12-14)23-10-3-6-19(23)24/h2,4-5,7-8,12-13H,3,6,9-11H2,1H3,(H,22,25). The first-order valence-corrected chi connectivity index (χ1v) is 9.11. The van der Waals surface area contributed by atoms with E-state index in [1.807, 2.05) is 18.2 Å². The lowest BCUT2D eigenvalue weighted by Crippen LogP contribution is -2.29. The lowest BCUT2D eigenvalue weighted by Gasteiger charge is -2.18. The van der Waals surface area contributed by atoms with E-state index in [-0.39, 0.29) is 11.8 Å². The maximum atomic E-state index is 12.4. The minimum Gasteiger partial charge on any atom is -0.497 e. The van der Waals surface area contributed by atoms with E-state index in [9.17, 15) is 9.59 Å². The molecule has 0 bridgehead atoms. The number of rotatable bonds is 7. The third-order valence-corrected chi connectivity index (χ3v) is 4.59. The van der Waals surface area contributed by atoms with E-state index in [0.717, 1.165) is 6.42 Å². The molecule has 7 heteroatoms. The number of anilines is 1. The number of nitrogens with zero attached hydrogens (tertiary/aromatic N) is 1. The first-order chi connectivity index (χ1) is 13.1. The first-order valence-electron chi connectivity index (χ1n) is 8.73. The summed E-state index contributed by atoms with van der Waals surface area (Å²) in [6, 6.07) is 12.2. The maximum absolute atomic E-state index is 12.4. The van der Waals surface area contributed by atoms with Gasteiger partial charge >= 0.3 is 0 Å². The average molecular weight is 389 g/mol. The molecule has 2 amide bonds. The molecule has 27 heavy (non-hydrogen) atoms. The summed E-state index contributed by atoms with van der Waals surface area (Å²) in [5, 5.41) is 3.27. The predicted molar refractivity (Wildman–Crippen MR) is 104 cm³/mol. The van der Waals surface area contributed by atoms with Crippen molar-refractivity contribution < 1.29 is 19.1 Å². The number of ether oxygens (including phenoxy) is 2. The highest BCUT2D eigenvalue weighted by Crippen LogP contribution is 2.30. The summed E-state index contributed by atoms with van der Waals surface area (Å²) in [4.78, 5) is 26.0. The SMILES string of the molecule is COc1cccc(OCCNC(=O)c2ccc(Cl)c(N3CCCC3=O)c2)c1. The van der Waals surface area contributed by atoms with Gasteiger partial charge in [0.2, 0.25) is 5.91 Å². The van der Waals surface area contributed by atoms with Crippen LogP contribution in [0.1, 0.15) is 23.2 Å². The Kier molecular flexibility index (Phi) is 6.19. The van der Waals surface area contributed by atoms with Crippen LogP contribution < -0.4 is 19.7 Å². The van der Waals surface area contributed by atoms with Gasteiger partial charge in [0.05, 0.1) is 24.4 Å². The summed E-state index contributed by atoms with van der Waals surface area (Å²) in [5.41, 5.74) is 1.04. The molecule has 0 spiro atoms. The molecule has 2 aromatic rings. The second kappa shape index (κ2) is 8.77. The van der Waals surface area contributed by atoms with Crippen molar-refractivity contribution in [2.75, 3.05) is 31.7 Å². The third kappa shape index (κ3) is 4.71. The Hall–Kier alpha value is -2.73. The fraction of sp³-hybridized carbons (Fsp3) is 0.300. The molecule has 1 fully saturated rings. The normalized spacial score (nSPS) is 13.6. The van der Waals surface area contributed by atoms with E-state index >= 15 is 0 Å². The molecule has 0 aliphatic carbocycles. The molecular weight excluding hydrogens is 368 g/mol. The largest absolute Gasteiger partial charge is 0.497 e. The van der Waals surface area contributed by atoms with E-state index in [0.29, 0.717) is 53.9 Å². The molecule has 1 aliphatic rings. The van der Waals surface area contributed by atoms with Crippen LogP contribution in [-0.2, 0) is 4.79 Å². The number of benzene rings is 2. The molecule has 1 aliphatic heterocycles. The highest BCUT2D eigenvalue weighted by molar-refractivity contribution is 6.34. The second-order valence-corrected chi connectivity index (χ2v) is 6.51. The Balaban J connectivity index is 1.55. The van der Waals surface area contributed by atoms with Gasteiger partial charge in [-0.3, -0.25) is 9.59 Å². The Bertz CT molecular complexity index is 840. The van der Waals surface area contributed by atoms with E-state index in [1.165, 1.54) is 0 Å². The monoisotopic (exact) mass is 388 g/mol. The minimum absolute atomic E-state index is 0.0288. The fourth-order valence-corrected chi connectivity index (χ4v) is 3.11. The lowest BCUT2D eigenvalue weighted by atomic mass is 10.1. The number of carbonyl (C=O) groups is 2. The Morgan fingerprint density at radius 3 is 2.78 bits per heavy atom. The molecule has 0 atom stereocenters. The Labute approximate surface area is 163 Å². The first kappa shape index (κ1) is 19.0. The Morgan fingerprint density at radius 2 is 2.04 bits per heavy atom. The van der Waals surface area contributed by atoms with E-state index in [2.05, 4.69) is 5.32 Å². The summed E-state index contributed by atoms with van der Waals surface area (Å²) in [6.07, 6.45) is 1.31. The fourth-order valence-electron chi connectivity index (χ4n) is 2.89. The minimum atomic E-state index is -0.242. The summed E-state index contributed by atoms with van der Waals surface area (Å²) in [7, 11) is 1.59. The van der Waals surface area contributed by atoms with Crippen LogP contribution in [0.25, 0.3) is 0 Å². The quantitative estimate of drug-likeness (QED) is 0.739. The summed E-state index contributed by atoms with van der Waals surface area (Å²) in [6.45, 7) is 1.29. The van der Waals surface area contributed by atoms with Crippen LogP contribution in [0.2, 0.25) is 5.02 Å². The summed E-state index contributed by atoms with van der Waals surface area (Å²) < 4.78 is 10.7. The topological polar surface area (TPSA) is 67.9 Å². The highest BCUT2D eigenvalue weighted by Gasteiger charge is 2.24. The molecule has 0 saturated carbocycles. The van der Waals surface area contributed by atoms with Gasteiger partial charge in [0.1, 0.15) is 18.1 Å². The molecule has 2 aromatic carbocycles. The van der Waals surface area contributed by atoms with Crippen molar-refractivity contribution in [2.45, 2.75) is 12.8 Å². The molecule has 3 rings (SSSR count).